The average molecular weight is 429 g/mol. The van der Waals surface area contributed by atoms with Crippen molar-refractivity contribution in [3.63, 3.8) is 0 Å². The summed E-state index contributed by atoms with van der Waals surface area (Å²) in [5.41, 5.74) is -1.25. The van der Waals surface area contributed by atoms with Gasteiger partial charge in [-0.05, 0) is 37.3 Å². The number of ether oxygens (including phenoxy) is 1. The highest BCUT2D eigenvalue weighted by Gasteiger charge is 2.40. The van der Waals surface area contributed by atoms with E-state index in [0.717, 1.165) is 18.2 Å². The third-order valence-corrected chi connectivity index (χ3v) is 6.05. The minimum Gasteiger partial charge on any atom is -0.366 e. The molecular formula is C20H23F4N3O3. The van der Waals surface area contributed by atoms with Crippen LogP contribution < -0.4 is 5.32 Å². The van der Waals surface area contributed by atoms with E-state index in [2.05, 4.69) is 5.32 Å². The second kappa shape index (κ2) is 8.05. The van der Waals surface area contributed by atoms with Crippen LogP contribution >= 0.6 is 0 Å². The molecule has 2 unspecified atom stereocenters. The Morgan fingerprint density at radius 1 is 1.20 bits per heavy atom. The molecule has 3 aliphatic rings. The van der Waals surface area contributed by atoms with Gasteiger partial charge in [0.2, 0.25) is 5.91 Å². The van der Waals surface area contributed by atoms with Crippen LogP contribution in [0.5, 0.6) is 0 Å². The highest BCUT2D eigenvalue weighted by atomic mass is 19.4. The Bertz CT molecular complexity index is 826. The Labute approximate surface area is 171 Å². The first kappa shape index (κ1) is 20.9. The molecule has 3 fully saturated rings. The van der Waals surface area contributed by atoms with Gasteiger partial charge in [0.15, 0.2) is 0 Å². The molecule has 0 saturated carbocycles. The maximum absolute atomic E-state index is 14.0. The van der Waals surface area contributed by atoms with Crippen LogP contribution in [-0.4, -0.2) is 66.7 Å². The monoisotopic (exact) mass is 429 g/mol. The number of nitrogens with zero attached hydrogens (tertiary/aromatic N) is 2. The number of benzene rings is 1. The molecule has 1 aromatic rings. The van der Waals surface area contributed by atoms with Crippen LogP contribution in [0.15, 0.2) is 18.2 Å². The van der Waals surface area contributed by atoms with E-state index in [1.807, 2.05) is 0 Å². The van der Waals surface area contributed by atoms with Crippen molar-refractivity contribution in [1.82, 2.24) is 15.1 Å². The number of rotatable bonds is 3. The number of likely N-dealkylation sites (tertiary alicyclic amines) is 2. The topological polar surface area (TPSA) is 61.9 Å². The number of nitrogens with one attached hydrogen (secondary N) is 1. The van der Waals surface area contributed by atoms with Gasteiger partial charge in [-0.1, -0.05) is 6.07 Å². The second-order valence-corrected chi connectivity index (χ2v) is 8.11. The minimum absolute atomic E-state index is 0.0228. The molecule has 0 aromatic heterocycles. The molecule has 3 amide bonds. The fourth-order valence-electron chi connectivity index (χ4n) is 4.41. The molecule has 3 heterocycles. The lowest BCUT2D eigenvalue weighted by molar-refractivity contribution is -0.140. The van der Waals surface area contributed by atoms with Crippen molar-refractivity contribution >= 4 is 11.9 Å². The summed E-state index contributed by atoms with van der Waals surface area (Å²) in [5.74, 6) is -1.01. The van der Waals surface area contributed by atoms with Crippen LogP contribution in [-0.2, 0) is 22.1 Å². The van der Waals surface area contributed by atoms with Crippen LogP contribution in [0, 0.1) is 11.7 Å². The molecule has 0 spiro atoms. The summed E-state index contributed by atoms with van der Waals surface area (Å²) in [6.07, 6.45) is -3.68. The number of piperidine rings is 1. The average Bonchev–Trinajstić information content (AvgIpc) is 2.66. The van der Waals surface area contributed by atoms with Crippen LogP contribution in [0.2, 0.25) is 0 Å². The lowest BCUT2D eigenvalue weighted by Crippen LogP contribution is -2.64. The van der Waals surface area contributed by atoms with Gasteiger partial charge < -0.3 is 19.9 Å². The molecule has 30 heavy (non-hydrogen) atoms. The zero-order valence-corrected chi connectivity index (χ0v) is 16.3. The van der Waals surface area contributed by atoms with E-state index in [-0.39, 0.29) is 48.6 Å². The molecule has 1 N–H and O–H groups in total. The molecule has 3 aliphatic heterocycles. The number of halogens is 4. The molecule has 3 saturated heterocycles. The largest absolute Gasteiger partial charge is 0.416 e. The lowest BCUT2D eigenvalue weighted by atomic mass is 9.91. The highest BCUT2D eigenvalue weighted by Crippen LogP contribution is 2.34. The summed E-state index contributed by atoms with van der Waals surface area (Å²) in [5, 5.41) is 2.84. The first-order valence-electron chi connectivity index (χ1n) is 10.0. The van der Waals surface area contributed by atoms with E-state index in [9.17, 15) is 27.2 Å². The summed E-state index contributed by atoms with van der Waals surface area (Å²) in [6, 6.07) is 2.63. The predicted octanol–water partition coefficient (Wildman–Crippen LogP) is 2.42. The predicted molar refractivity (Wildman–Crippen MR) is 98.0 cm³/mol. The van der Waals surface area contributed by atoms with E-state index in [4.69, 9.17) is 4.74 Å². The molecule has 6 nitrogen and oxygen atoms in total. The van der Waals surface area contributed by atoms with Gasteiger partial charge in [-0.15, -0.1) is 0 Å². The summed E-state index contributed by atoms with van der Waals surface area (Å²) < 4.78 is 58.7. The Kier molecular flexibility index (Phi) is 5.61. The van der Waals surface area contributed by atoms with Gasteiger partial charge >= 0.3 is 12.2 Å². The maximum Gasteiger partial charge on any atom is 0.416 e. The first-order valence-corrected chi connectivity index (χ1v) is 10.0. The number of hydrogen-bond acceptors (Lipinski definition) is 3. The molecular weight excluding hydrogens is 406 g/mol. The van der Waals surface area contributed by atoms with Crippen LogP contribution in [0.1, 0.15) is 24.0 Å². The van der Waals surface area contributed by atoms with Gasteiger partial charge in [0.25, 0.3) is 0 Å². The van der Waals surface area contributed by atoms with Crippen LogP contribution in [0.25, 0.3) is 0 Å². The zero-order chi connectivity index (χ0) is 21.5. The van der Waals surface area contributed by atoms with Gasteiger partial charge in [-0.25, -0.2) is 9.18 Å². The molecule has 0 bridgehead atoms. The van der Waals surface area contributed by atoms with Crippen molar-refractivity contribution in [2.75, 3.05) is 32.8 Å². The molecule has 1 aromatic carbocycles. The van der Waals surface area contributed by atoms with Crippen molar-refractivity contribution in [2.45, 2.75) is 37.6 Å². The van der Waals surface area contributed by atoms with E-state index in [0.29, 0.717) is 39.0 Å². The number of alkyl halides is 3. The number of hydrogen-bond donors (Lipinski definition) is 1. The van der Waals surface area contributed by atoms with Crippen molar-refractivity contribution in [3.05, 3.63) is 35.1 Å². The van der Waals surface area contributed by atoms with Gasteiger partial charge in [0.05, 0.1) is 17.7 Å². The quantitative estimate of drug-likeness (QED) is 0.751. The van der Waals surface area contributed by atoms with Gasteiger partial charge in [-0.2, -0.15) is 13.2 Å². The Balaban J connectivity index is 1.28. The van der Waals surface area contributed by atoms with Crippen molar-refractivity contribution in [3.8, 4) is 0 Å². The summed E-state index contributed by atoms with van der Waals surface area (Å²) in [7, 11) is 0. The Morgan fingerprint density at radius 2 is 1.97 bits per heavy atom. The molecule has 2 atom stereocenters. The summed E-state index contributed by atoms with van der Waals surface area (Å²) >= 11 is 0. The van der Waals surface area contributed by atoms with Crippen LogP contribution in [0.4, 0.5) is 22.4 Å². The Morgan fingerprint density at radius 3 is 2.70 bits per heavy atom. The van der Waals surface area contributed by atoms with E-state index in [1.165, 1.54) is 0 Å². The number of morpholine rings is 1. The van der Waals surface area contributed by atoms with E-state index in [1.54, 1.807) is 9.80 Å². The minimum atomic E-state index is -4.59. The van der Waals surface area contributed by atoms with Gasteiger partial charge in [0.1, 0.15) is 12.4 Å². The van der Waals surface area contributed by atoms with Crippen LogP contribution in [0.3, 0.4) is 0 Å². The summed E-state index contributed by atoms with van der Waals surface area (Å²) in [4.78, 5) is 27.5. The number of urea groups is 1. The standard InChI is InChI=1S/C20H23F4N3O3/c21-15-3-1-2-14(20(22,23)24)13(15)5-4-12-8-27(9-12)19(29)26-7-6-17-16(10-26)25-18(28)11-30-17/h1-3,12,16-17H,4-11H2,(H,25,28). The maximum atomic E-state index is 14.0. The van der Waals surface area contributed by atoms with E-state index < -0.39 is 17.6 Å². The molecule has 4 rings (SSSR count). The smallest absolute Gasteiger partial charge is 0.366 e. The highest BCUT2D eigenvalue weighted by molar-refractivity contribution is 5.79. The SMILES string of the molecule is O=C1COC2CCN(C(=O)N3CC(CCc4c(F)cccc4C(F)(F)F)C3)CC2N1. The second-order valence-electron chi connectivity index (χ2n) is 8.11. The van der Waals surface area contributed by atoms with Gasteiger partial charge in [0, 0.05) is 31.7 Å². The number of amides is 3. The number of carbonyl (C=O) groups is 2. The fraction of sp³-hybridized carbons (Fsp3) is 0.600. The summed E-state index contributed by atoms with van der Waals surface area (Å²) in [6.45, 7) is 1.81. The van der Waals surface area contributed by atoms with Crippen molar-refractivity contribution in [2.24, 2.45) is 5.92 Å². The molecule has 10 heteroatoms. The number of fused-ring (bicyclic) bond motifs is 1. The molecule has 164 valence electrons. The normalized spacial score (nSPS) is 24.9. The third-order valence-electron chi connectivity index (χ3n) is 6.05. The van der Waals surface area contributed by atoms with Crippen molar-refractivity contribution in [1.29, 1.82) is 0 Å². The lowest BCUT2D eigenvalue weighted by Gasteiger charge is -2.46. The Hall–Kier alpha value is -2.36. The van der Waals surface area contributed by atoms with Gasteiger partial charge in [-0.3, -0.25) is 4.79 Å². The van der Waals surface area contributed by atoms with E-state index >= 15 is 0 Å². The number of carbonyl (C=O) groups excluding carboxylic acids is 2. The van der Waals surface area contributed by atoms with Crippen molar-refractivity contribution < 1.29 is 31.9 Å². The third kappa shape index (κ3) is 4.23. The first-order chi connectivity index (χ1) is 14.2. The molecule has 0 aliphatic carbocycles. The fourth-order valence-corrected chi connectivity index (χ4v) is 4.41. The zero-order valence-electron chi connectivity index (χ0n) is 16.3. The molecule has 0 radical (unpaired) electrons.